The second-order valence-electron chi connectivity index (χ2n) is 6.23. The van der Waals surface area contributed by atoms with Crippen LogP contribution in [-0.2, 0) is 14.8 Å². The Morgan fingerprint density at radius 3 is 2.30 bits per heavy atom. The quantitative estimate of drug-likeness (QED) is 0.318. The predicted molar refractivity (Wildman–Crippen MR) is 94.0 cm³/mol. The van der Waals surface area contributed by atoms with E-state index >= 15 is 0 Å². The largest absolute Gasteiger partial charge is 0.356 e. The molecular weight excluding hydrogens is 318 g/mol. The van der Waals surface area contributed by atoms with E-state index in [1.807, 2.05) is 20.8 Å². The van der Waals surface area contributed by atoms with Gasteiger partial charge in [-0.25, -0.2) is 12.7 Å². The highest BCUT2D eigenvalue weighted by Gasteiger charge is 2.15. The van der Waals surface area contributed by atoms with Crippen LogP contribution < -0.4 is 16.0 Å². The first-order chi connectivity index (χ1) is 10.5. The number of nitrogens with one attached hydrogen (secondary N) is 3. The molecule has 0 aliphatic rings. The molecule has 0 heterocycles. The molecule has 9 heteroatoms. The Morgan fingerprint density at radius 1 is 1.22 bits per heavy atom. The highest BCUT2D eigenvalue weighted by Crippen LogP contribution is 1.98. The maximum absolute atomic E-state index is 11.7. The molecule has 0 aliphatic carbocycles. The smallest absolute Gasteiger partial charge is 0.239 e. The number of aliphatic imine (C=N–C) groups is 1. The van der Waals surface area contributed by atoms with Crippen molar-refractivity contribution in [3.05, 3.63) is 0 Å². The van der Waals surface area contributed by atoms with Crippen LogP contribution in [0.4, 0.5) is 0 Å². The Morgan fingerprint density at radius 2 is 1.83 bits per heavy atom. The van der Waals surface area contributed by atoms with Gasteiger partial charge >= 0.3 is 0 Å². The Bertz CT molecular complexity index is 497. The van der Waals surface area contributed by atoms with Crippen LogP contribution in [0.2, 0.25) is 0 Å². The van der Waals surface area contributed by atoms with Crippen molar-refractivity contribution in [2.24, 2.45) is 4.99 Å². The summed E-state index contributed by atoms with van der Waals surface area (Å²) in [5.74, 6) is 0.493. The van der Waals surface area contributed by atoms with Crippen LogP contribution in [0, 0.1) is 0 Å². The van der Waals surface area contributed by atoms with Crippen LogP contribution in [0.3, 0.4) is 0 Å². The summed E-state index contributed by atoms with van der Waals surface area (Å²) in [5, 5.41) is 8.81. The Labute approximate surface area is 140 Å². The van der Waals surface area contributed by atoms with Gasteiger partial charge in [0.15, 0.2) is 5.96 Å². The fourth-order valence-corrected chi connectivity index (χ4v) is 2.56. The molecule has 0 aliphatic heterocycles. The van der Waals surface area contributed by atoms with E-state index in [1.165, 1.54) is 4.31 Å². The van der Waals surface area contributed by atoms with Gasteiger partial charge in [0.1, 0.15) is 0 Å². The topological polar surface area (TPSA) is 103 Å². The average Bonchev–Trinajstić information content (AvgIpc) is 2.44. The fraction of sp³-hybridized carbons (Fsp3) is 0.857. The molecule has 0 fully saturated rings. The lowest BCUT2D eigenvalue weighted by Gasteiger charge is -2.21. The summed E-state index contributed by atoms with van der Waals surface area (Å²) < 4.78 is 24.5. The second kappa shape index (κ2) is 9.71. The molecule has 8 nitrogen and oxygen atoms in total. The third-order valence-corrected chi connectivity index (χ3v) is 4.80. The summed E-state index contributed by atoms with van der Waals surface area (Å²) in [6, 6.07) is 0. The van der Waals surface area contributed by atoms with E-state index in [-0.39, 0.29) is 23.7 Å². The summed E-state index contributed by atoms with van der Waals surface area (Å²) in [5.41, 5.74) is -0.273. The number of amides is 1. The molecule has 23 heavy (non-hydrogen) atoms. The number of carbonyl (C=O) groups excluding carboxylic acids is 1. The molecule has 3 N–H and O–H groups in total. The number of rotatable bonds is 8. The predicted octanol–water partition coefficient (Wildman–Crippen LogP) is -0.262. The SMILES string of the molecule is CCS(=O)(=O)N(C)CCCNC(=NC)NCC(=O)NC(C)(C)C. The average molecular weight is 350 g/mol. The van der Waals surface area contributed by atoms with Crippen molar-refractivity contribution in [3.63, 3.8) is 0 Å². The standard InChI is InChI=1S/C14H31N5O3S/c1-7-23(21,22)19(6)10-8-9-16-13(15-5)17-11-12(20)18-14(2,3)4/h7-11H2,1-6H3,(H,18,20)(H2,15,16,17). The van der Waals surface area contributed by atoms with Crippen LogP contribution in [0.15, 0.2) is 4.99 Å². The van der Waals surface area contributed by atoms with Gasteiger partial charge in [-0.3, -0.25) is 9.79 Å². The molecule has 0 spiro atoms. The lowest BCUT2D eigenvalue weighted by Crippen LogP contribution is -2.48. The van der Waals surface area contributed by atoms with Gasteiger partial charge in [-0.2, -0.15) is 0 Å². The first-order valence-corrected chi connectivity index (χ1v) is 9.32. The highest BCUT2D eigenvalue weighted by atomic mass is 32.2. The van der Waals surface area contributed by atoms with Gasteiger partial charge in [-0.1, -0.05) is 0 Å². The monoisotopic (exact) mass is 349 g/mol. The highest BCUT2D eigenvalue weighted by molar-refractivity contribution is 7.89. The van der Waals surface area contributed by atoms with E-state index in [9.17, 15) is 13.2 Å². The van der Waals surface area contributed by atoms with Crippen LogP contribution >= 0.6 is 0 Å². The number of hydrogen-bond donors (Lipinski definition) is 3. The van der Waals surface area contributed by atoms with Crippen LogP contribution in [0.5, 0.6) is 0 Å². The lowest BCUT2D eigenvalue weighted by atomic mass is 10.1. The van der Waals surface area contributed by atoms with Crippen molar-refractivity contribution >= 4 is 21.9 Å². The molecule has 1 amide bonds. The van der Waals surface area contributed by atoms with E-state index in [4.69, 9.17) is 0 Å². The van der Waals surface area contributed by atoms with E-state index in [0.717, 1.165) is 0 Å². The van der Waals surface area contributed by atoms with Crippen molar-refractivity contribution < 1.29 is 13.2 Å². The van der Waals surface area contributed by atoms with Crippen LogP contribution in [0.25, 0.3) is 0 Å². The molecule has 0 bridgehead atoms. The lowest BCUT2D eigenvalue weighted by molar-refractivity contribution is -0.121. The minimum absolute atomic E-state index is 0.100. The van der Waals surface area contributed by atoms with E-state index in [0.29, 0.717) is 25.5 Å². The molecule has 0 aromatic carbocycles. The van der Waals surface area contributed by atoms with Gasteiger partial charge in [0, 0.05) is 32.7 Å². The van der Waals surface area contributed by atoms with E-state index in [2.05, 4.69) is 20.9 Å². The minimum Gasteiger partial charge on any atom is -0.356 e. The summed E-state index contributed by atoms with van der Waals surface area (Å²) >= 11 is 0. The van der Waals surface area contributed by atoms with Crippen LogP contribution in [0.1, 0.15) is 34.1 Å². The van der Waals surface area contributed by atoms with Gasteiger partial charge in [-0.05, 0) is 34.1 Å². The van der Waals surface area contributed by atoms with Gasteiger partial charge in [-0.15, -0.1) is 0 Å². The number of hydrogen-bond acceptors (Lipinski definition) is 4. The Hall–Kier alpha value is -1.35. The molecule has 136 valence electrons. The zero-order chi connectivity index (χ0) is 18.1. The summed E-state index contributed by atoms with van der Waals surface area (Å²) in [6.45, 7) is 8.49. The maximum atomic E-state index is 11.7. The zero-order valence-corrected chi connectivity index (χ0v) is 15.9. The Balaban J connectivity index is 4.07. The first kappa shape index (κ1) is 21.6. The zero-order valence-electron chi connectivity index (χ0n) is 15.1. The number of sulfonamides is 1. The van der Waals surface area contributed by atoms with Crippen molar-refractivity contribution in [1.29, 1.82) is 0 Å². The van der Waals surface area contributed by atoms with Gasteiger partial charge in [0.05, 0.1) is 12.3 Å². The normalized spacial score (nSPS) is 13.1. The molecular formula is C14H31N5O3S. The third-order valence-electron chi connectivity index (χ3n) is 2.94. The number of nitrogens with zero attached hydrogens (tertiary/aromatic N) is 2. The summed E-state index contributed by atoms with van der Waals surface area (Å²) in [6.07, 6.45) is 0.643. The Kier molecular flexibility index (Phi) is 9.14. The van der Waals surface area contributed by atoms with Gasteiger partial charge < -0.3 is 16.0 Å². The van der Waals surface area contributed by atoms with E-state index in [1.54, 1.807) is 21.0 Å². The summed E-state index contributed by atoms with van der Waals surface area (Å²) in [4.78, 5) is 15.7. The maximum Gasteiger partial charge on any atom is 0.239 e. The van der Waals surface area contributed by atoms with Crippen molar-refractivity contribution in [2.45, 2.75) is 39.7 Å². The molecule has 0 rings (SSSR count). The fourth-order valence-electron chi connectivity index (χ4n) is 1.72. The molecule has 0 radical (unpaired) electrons. The van der Waals surface area contributed by atoms with E-state index < -0.39 is 10.0 Å². The molecule has 0 saturated heterocycles. The molecule has 0 aromatic rings. The second-order valence-corrected chi connectivity index (χ2v) is 8.59. The van der Waals surface area contributed by atoms with Crippen molar-refractivity contribution in [3.8, 4) is 0 Å². The molecule has 0 atom stereocenters. The van der Waals surface area contributed by atoms with Crippen molar-refractivity contribution in [2.75, 3.05) is 39.5 Å². The minimum atomic E-state index is -3.14. The number of guanidine groups is 1. The number of carbonyl (C=O) groups is 1. The van der Waals surface area contributed by atoms with Gasteiger partial charge in [0.25, 0.3) is 0 Å². The third kappa shape index (κ3) is 10.1. The van der Waals surface area contributed by atoms with Gasteiger partial charge in [0.2, 0.25) is 15.9 Å². The first-order valence-electron chi connectivity index (χ1n) is 7.71. The van der Waals surface area contributed by atoms with Crippen molar-refractivity contribution in [1.82, 2.24) is 20.3 Å². The molecule has 0 aromatic heterocycles. The molecule has 0 unspecified atom stereocenters. The van der Waals surface area contributed by atoms with Crippen LogP contribution in [-0.4, -0.2) is 69.6 Å². The summed E-state index contributed by atoms with van der Waals surface area (Å²) in [7, 11) is 0.0513. The molecule has 0 saturated carbocycles.